The molecule has 9 aliphatic rings. The van der Waals surface area contributed by atoms with Gasteiger partial charge >= 0.3 is 51.4 Å². The summed E-state index contributed by atoms with van der Waals surface area (Å²) in [5, 5.41) is 1.14. The van der Waals surface area contributed by atoms with Crippen molar-refractivity contribution in [1.82, 2.24) is 11.1 Å². The average Bonchev–Trinajstić information content (AvgIpc) is 4.00. The van der Waals surface area contributed by atoms with Crippen molar-refractivity contribution < 1.29 is 85.9 Å². The van der Waals surface area contributed by atoms with Gasteiger partial charge in [-0.1, -0.05) is 93.9 Å². The number of rotatable bonds is 7. The van der Waals surface area contributed by atoms with Crippen LogP contribution in [0.3, 0.4) is 0 Å². The Morgan fingerprint density at radius 1 is 0.653 bits per heavy atom. The van der Waals surface area contributed by atoms with Crippen LogP contribution in [0.4, 0.5) is 4.39 Å². The smallest absolute Gasteiger partial charge is 0.391 e. The van der Waals surface area contributed by atoms with Gasteiger partial charge in [-0.3, -0.25) is 39.6 Å². The van der Waals surface area contributed by atoms with E-state index >= 15 is 0 Å². The molecule has 0 bridgehead atoms. The summed E-state index contributed by atoms with van der Waals surface area (Å²) >= 11 is 3.74. The quantitative estimate of drug-likeness (QED) is 0.126. The van der Waals surface area contributed by atoms with Crippen molar-refractivity contribution in [2.24, 2.45) is 80.8 Å². The number of fused-ring (bicyclic) bond motifs is 11. The second-order valence-corrected chi connectivity index (χ2v) is 24.0. The molecule has 8 unspecified atom stereocenters. The minimum Gasteiger partial charge on any atom is -0.391 e. The van der Waals surface area contributed by atoms with Crippen LogP contribution in [0.15, 0.2) is 96.1 Å². The van der Waals surface area contributed by atoms with Crippen molar-refractivity contribution in [3.63, 3.8) is 0 Å². The van der Waals surface area contributed by atoms with Gasteiger partial charge < -0.3 is 15.7 Å². The number of halogens is 2. The molecule has 72 heavy (non-hydrogen) atoms. The van der Waals surface area contributed by atoms with Gasteiger partial charge in [0, 0.05) is 24.7 Å². The van der Waals surface area contributed by atoms with Gasteiger partial charge in [0.25, 0.3) is 11.8 Å². The molecule has 2 aromatic rings. The van der Waals surface area contributed by atoms with E-state index in [1.54, 1.807) is 36.8 Å². The topological polar surface area (TPSA) is 141 Å². The number of imide groups is 1. The maximum atomic E-state index is 13.0. The average molecular weight is 1070 g/mol. The van der Waals surface area contributed by atoms with E-state index in [0.717, 1.165) is 54.2 Å². The first-order valence-corrected chi connectivity index (χ1v) is 27.1. The van der Waals surface area contributed by atoms with E-state index in [0.29, 0.717) is 59.0 Å². The first kappa shape index (κ1) is 56.9. The Balaban J connectivity index is 0.000000194. The number of benzene rings is 2. The van der Waals surface area contributed by atoms with Gasteiger partial charge in [0.05, 0.1) is 19.7 Å². The number of allylic oxidation sites excluding steroid dienone is 8. The summed E-state index contributed by atoms with van der Waals surface area (Å²) in [7, 11) is -1.00. The molecule has 3 N–H and O–H groups in total. The third-order valence-corrected chi connectivity index (χ3v) is 21.3. The molecule has 11 rings (SSSR count). The molecule has 1 heterocycles. The summed E-state index contributed by atoms with van der Waals surface area (Å²) < 4.78 is 15.5. The molecule has 8 nitrogen and oxygen atoms in total. The maximum Gasteiger partial charge on any atom is 1.00 e. The molecule has 0 saturated heterocycles. The standard InChI is InChI=1S/C30H35NO3.C22H31BrO.C8H4O2.CH3F.K.H3N/c1-18(17-31-27(33)21-6-4-5-7-22(21)28(31)34)24-10-11-25-23-9-8-19-16-20(32)12-14-29(19,2)26(23)13-15-30(24,25)3;1-14(13-23)18-6-7-19-17-5-4-15-12-16(24)8-10-21(15,2)20(17)9-11-22(18,19)3;9-5-7-3-1-2-4-8(7)6-10;1-2;;/h4-9,16,18,23-26H,10-15,17H2,1-3H3;4-5,12,14,17-20H,6-11,13H2,1-3H3;1-4H;1H3;;1H3/q;;-2;;+1;/t18-,23?,24?,25?,26?,29+,30-;14-,17?,18?,19?,20?,21+,22-;;;;/m11..../s1/i;;;1D;;. The zero-order chi connectivity index (χ0) is 51.0. The zero-order valence-corrected chi connectivity index (χ0v) is 48.5. The molecule has 0 spiro atoms. The molecule has 14 atom stereocenters. The molecule has 382 valence electrons. The van der Waals surface area contributed by atoms with Gasteiger partial charge in [-0.15, -0.1) is 12.1 Å². The SMILES string of the molecule is C[C@H](CBr)C1CCC2C3C=CC4=CC(=O)CC[C@]4(C)C3CC[C@@]21C.C[C@H](CN1C(=O)c2ccccc2C1=O)C1CCC2C3C=CC4=CC(=O)CC[C@]4(C)C3CC[C@@]21C.N.O=[C-]c1ccccc1[C-]=O.[2H]CF.[K+]. The Labute approximate surface area is 481 Å². The van der Waals surface area contributed by atoms with Crippen molar-refractivity contribution >= 4 is 51.9 Å². The fourth-order valence-electron chi connectivity index (χ4n) is 16.5. The second kappa shape index (κ2) is 23.6. The first-order valence-electron chi connectivity index (χ1n) is 26.7. The molecule has 4 fully saturated rings. The molecule has 4 saturated carbocycles. The monoisotopic (exact) mass is 1070 g/mol. The number of carbonyl (C=O) groups is 4. The van der Waals surface area contributed by atoms with Crippen molar-refractivity contribution in [2.75, 3.05) is 19.0 Å². The second-order valence-electron chi connectivity index (χ2n) is 23.3. The van der Waals surface area contributed by atoms with E-state index in [4.69, 9.17) is 1.37 Å². The van der Waals surface area contributed by atoms with Crippen LogP contribution in [0.25, 0.3) is 0 Å². The van der Waals surface area contributed by atoms with Crippen LogP contribution < -0.4 is 57.5 Å². The van der Waals surface area contributed by atoms with Crippen LogP contribution in [0.2, 0.25) is 0 Å². The maximum absolute atomic E-state index is 13.0. The van der Waals surface area contributed by atoms with Gasteiger partial charge in [0.1, 0.15) is 0 Å². The van der Waals surface area contributed by atoms with Crippen molar-refractivity contribution in [1.29, 1.82) is 0 Å². The Hall–Kier alpha value is -2.77. The predicted octanol–water partition coefficient (Wildman–Crippen LogP) is 10.1. The summed E-state index contributed by atoms with van der Waals surface area (Å²) in [4.78, 5) is 71.6. The minimum absolute atomic E-state index is 0. The van der Waals surface area contributed by atoms with Gasteiger partial charge in [0.15, 0.2) is 11.6 Å². The minimum atomic E-state index is -1.00. The van der Waals surface area contributed by atoms with Crippen molar-refractivity contribution in [2.45, 2.75) is 119 Å². The molecule has 11 heteroatoms. The Morgan fingerprint density at radius 2 is 1.06 bits per heavy atom. The fourth-order valence-corrected chi connectivity index (χ4v) is 17.0. The van der Waals surface area contributed by atoms with E-state index in [1.165, 1.54) is 79.5 Å². The normalized spacial score (nSPS) is 36.2. The van der Waals surface area contributed by atoms with E-state index in [9.17, 15) is 33.2 Å². The number of nitrogens with zero attached hydrogens (tertiary/aromatic N) is 1. The summed E-state index contributed by atoms with van der Waals surface area (Å²) in [5.41, 5.74) is 5.31. The number of alkyl halides is 2. The van der Waals surface area contributed by atoms with Gasteiger partial charge in [0.2, 0.25) is 0 Å². The van der Waals surface area contributed by atoms with Crippen molar-refractivity contribution in [3.05, 3.63) is 118 Å². The number of carbonyl (C=O) groups excluding carboxylic acids is 6. The first-order chi connectivity index (χ1) is 33.9. The third-order valence-electron chi connectivity index (χ3n) is 20.3. The van der Waals surface area contributed by atoms with Crippen LogP contribution in [0.5, 0.6) is 0 Å². The zero-order valence-electron chi connectivity index (χ0n) is 44.8. The Kier molecular flexibility index (Phi) is 18.7. The summed E-state index contributed by atoms with van der Waals surface area (Å²) in [5.74, 6) is 6.90. The largest absolute Gasteiger partial charge is 1.00 e. The summed E-state index contributed by atoms with van der Waals surface area (Å²) in [6.45, 7) is 15.1. The molecule has 0 radical (unpaired) electrons. The fraction of sp³-hybridized carbons (Fsp3) is 0.574. The van der Waals surface area contributed by atoms with Gasteiger partial charge in [-0.2, -0.15) is 0 Å². The molecule has 2 aromatic carbocycles. The third kappa shape index (κ3) is 10.3. The van der Waals surface area contributed by atoms with E-state index in [2.05, 4.69) is 81.8 Å². The van der Waals surface area contributed by atoms with Crippen molar-refractivity contribution in [3.8, 4) is 0 Å². The molecule has 8 aliphatic carbocycles. The molecule has 1 aliphatic heterocycles. The molecular formula is C61H76BrFKN2O6-. The predicted molar refractivity (Wildman–Crippen MR) is 282 cm³/mol. The van der Waals surface area contributed by atoms with Crippen LogP contribution >= 0.6 is 15.9 Å². The van der Waals surface area contributed by atoms with E-state index < -0.39 is 7.15 Å². The van der Waals surface area contributed by atoms with E-state index in [1.807, 2.05) is 24.3 Å². The Morgan fingerprint density at radius 3 is 1.46 bits per heavy atom. The van der Waals surface area contributed by atoms with Gasteiger partial charge in [-0.05, 0) is 193 Å². The van der Waals surface area contributed by atoms with Crippen LogP contribution in [-0.2, 0) is 19.2 Å². The van der Waals surface area contributed by atoms with Crippen LogP contribution in [-0.4, -0.2) is 59.9 Å². The Bertz CT molecular complexity index is 2480. The summed E-state index contributed by atoms with van der Waals surface area (Å²) in [6, 6.07) is 13.6. The number of amides is 2. The molecule has 2 amide bonds. The van der Waals surface area contributed by atoms with Crippen LogP contribution in [0, 0.1) is 80.8 Å². The van der Waals surface area contributed by atoms with Crippen LogP contribution in [0.1, 0.15) is 152 Å². The summed E-state index contributed by atoms with van der Waals surface area (Å²) in [6.07, 6.45) is 30.4. The number of hydrogen-bond acceptors (Lipinski definition) is 7. The molecular weight excluding hydrogens is 995 g/mol. The van der Waals surface area contributed by atoms with E-state index in [-0.39, 0.29) is 108 Å². The van der Waals surface area contributed by atoms with Gasteiger partial charge in [-0.25, -0.2) is 12.1 Å². The number of hydrogen-bond donors (Lipinski definition) is 1. The number of ketones is 2. The molecule has 0 aromatic heterocycles.